The SMILES string of the molecule is COc1ccc(OC)c([C@H]2CC(=O)C[C@H]3C(=O)NC(=O)[C@@H]23)c1. The molecule has 0 unspecified atom stereocenters. The highest BCUT2D eigenvalue weighted by molar-refractivity contribution is 6.08. The maximum atomic E-state index is 12.1. The Morgan fingerprint density at radius 1 is 1.00 bits per heavy atom. The molecule has 1 saturated carbocycles. The van der Waals surface area contributed by atoms with Crippen molar-refractivity contribution in [2.45, 2.75) is 18.8 Å². The molecule has 2 fully saturated rings. The van der Waals surface area contributed by atoms with Crippen LogP contribution in [0.4, 0.5) is 0 Å². The van der Waals surface area contributed by atoms with Crippen molar-refractivity contribution in [3.8, 4) is 11.5 Å². The second-order valence-corrected chi connectivity index (χ2v) is 5.65. The van der Waals surface area contributed by atoms with Gasteiger partial charge in [-0.1, -0.05) is 0 Å². The van der Waals surface area contributed by atoms with Gasteiger partial charge >= 0.3 is 0 Å². The fraction of sp³-hybridized carbons (Fsp3) is 0.438. The summed E-state index contributed by atoms with van der Waals surface area (Å²) in [4.78, 5) is 36.1. The number of fused-ring (bicyclic) bond motifs is 1. The van der Waals surface area contributed by atoms with Crippen molar-refractivity contribution in [1.82, 2.24) is 5.32 Å². The van der Waals surface area contributed by atoms with Gasteiger partial charge in [-0.3, -0.25) is 19.7 Å². The first-order chi connectivity index (χ1) is 10.5. The van der Waals surface area contributed by atoms with Crippen LogP contribution in [0.1, 0.15) is 24.3 Å². The standard InChI is InChI=1S/C16H17NO5/c1-21-9-3-4-13(22-2)10(7-9)11-5-8(18)6-12-14(11)16(20)17-15(12)19/h3-4,7,11-12,14H,5-6H2,1-2H3,(H,17,19,20)/t11-,12-,14+/m1/s1. The predicted octanol–water partition coefficient (Wildman–Crippen LogP) is 1.04. The molecule has 0 bridgehead atoms. The lowest BCUT2D eigenvalue weighted by atomic mass is 9.70. The van der Waals surface area contributed by atoms with E-state index in [9.17, 15) is 14.4 Å². The van der Waals surface area contributed by atoms with Crippen LogP contribution in [0.15, 0.2) is 18.2 Å². The van der Waals surface area contributed by atoms with Crippen molar-refractivity contribution in [2.75, 3.05) is 14.2 Å². The molecule has 2 aliphatic rings. The zero-order valence-electron chi connectivity index (χ0n) is 12.4. The van der Waals surface area contributed by atoms with Gasteiger partial charge in [-0.05, 0) is 18.2 Å². The summed E-state index contributed by atoms with van der Waals surface area (Å²) in [5.74, 6) is -0.932. The Bertz CT molecular complexity index is 654. The fourth-order valence-corrected chi connectivity index (χ4v) is 3.46. The maximum absolute atomic E-state index is 12.1. The van der Waals surface area contributed by atoms with Gasteiger partial charge in [0.15, 0.2) is 0 Å². The molecule has 1 aliphatic carbocycles. The van der Waals surface area contributed by atoms with Crippen LogP contribution in [-0.2, 0) is 14.4 Å². The van der Waals surface area contributed by atoms with Crippen molar-refractivity contribution >= 4 is 17.6 Å². The number of methoxy groups -OCH3 is 2. The van der Waals surface area contributed by atoms with Gasteiger partial charge in [0.05, 0.1) is 26.1 Å². The zero-order chi connectivity index (χ0) is 15.9. The van der Waals surface area contributed by atoms with Crippen molar-refractivity contribution in [2.24, 2.45) is 11.8 Å². The number of ether oxygens (including phenoxy) is 2. The van der Waals surface area contributed by atoms with Gasteiger partial charge in [0.1, 0.15) is 17.3 Å². The predicted molar refractivity (Wildman–Crippen MR) is 76.7 cm³/mol. The highest BCUT2D eigenvalue weighted by Gasteiger charge is 2.51. The Morgan fingerprint density at radius 3 is 2.41 bits per heavy atom. The zero-order valence-corrected chi connectivity index (χ0v) is 12.4. The topological polar surface area (TPSA) is 81.7 Å². The van der Waals surface area contributed by atoms with Crippen LogP contribution in [-0.4, -0.2) is 31.8 Å². The summed E-state index contributed by atoms with van der Waals surface area (Å²) in [6.45, 7) is 0. The highest BCUT2D eigenvalue weighted by atomic mass is 16.5. The molecule has 1 saturated heterocycles. The third-order valence-electron chi connectivity index (χ3n) is 4.48. The van der Waals surface area contributed by atoms with Gasteiger partial charge in [0.25, 0.3) is 0 Å². The maximum Gasteiger partial charge on any atom is 0.231 e. The van der Waals surface area contributed by atoms with Gasteiger partial charge < -0.3 is 9.47 Å². The smallest absolute Gasteiger partial charge is 0.231 e. The second kappa shape index (κ2) is 5.44. The third-order valence-corrected chi connectivity index (χ3v) is 4.48. The molecule has 6 heteroatoms. The van der Waals surface area contributed by atoms with Crippen LogP contribution >= 0.6 is 0 Å². The number of hydrogen-bond donors (Lipinski definition) is 1. The normalized spacial score (nSPS) is 27.4. The van der Waals surface area contributed by atoms with Crippen molar-refractivity contribution in [3.05, 3.63) is 23.8 Å². The van der Waals surface area contributed by atoms with Crippen LogP contribution in [0.25, 0.3) is 0 Å². The summed E-state index contributed by atoms with van der Waals surface area (Å²) in [7, 11) is 3.08. The Balaban J connectivity index is 2.07. The molecule has 1 N–H and O–H groups in total. The first-order valence-corrected chi connectivity index (χ1v) is 7.13. The monoisotopic (exact) mass is 303 g/mol. The molecule has 22 heavy (non-hydrogen) atoms. The number of hydrogen-bond acceptors (Lipinski definition) is 5. The number of ketones is 1. The number of nitrogens with one attached hydrogen (secondary N) is 1. The summed E-state index contributed by atoms with van der Waals surface area (Å²) < 4.78 is 10.6. The summed E-state index contributed by atoms with van der Waals surface area (Å²) in [5.41, 5.74) is 0.731. The van der Waals surface area contributed by atoms with Crippen molar-refractivity contribution in [3.63, 3.8) is 0 Å². The lowest BCUT2D eigenvalue weighted by Crippen LogP contribution is -2.34. The van der Waals surface area contributed by atoms with E-state index in [-0.39, 0.29) is 36.4 Å². The van der Waals surface area contributed by atoms with Crippen LogP contribution in [0.2, 0.25) is 0 Å². The third kappa shape index (κ3) is 2.24. The van der Waals surface area contributed by atoms with E-state index in [1.807, 2.05) is 0 Å². The van der Waals surface area contributed by atoms with E-state index in [1.54, 1.807) is 25.3 Å². The lowest BCUT2D eigenvalue weighted by molar-refractivity contribution is -0.130. The summed E-state index contributed by atoms with van der Waals surface area (Å²) in [6, 6.07) is 5.27. The summed E-state index contributed by atoms with van der Waals surface area (Å²) >= 11 is 0. The number of carbonyl (C=O) groups excluding carboxylic acids is 3. The van der Waals surface area contributed by atoms with E-state index in [4.69, 9.17) is 9.47 Å². The minimum absolute atomic E-state index is 0.0130. The van der Waals surface area contributed by atoms with Crippen LogP contribution < -0.4 is 14.8 Å². The van der Waals surface area contributed by atoms with Gasteiger partial charge in [0.2, 0.25) is 11.8 Å². The first-order valence-electron chi connectivity index (χ1n) is 7.13. The lowest BCUT2D eigenvalue weighted by Gasteiger charge is -2.31. The molecular weight excluding hydrogens is 286 g/mol. The molecule has 116 valence electrons. The van der Waals surface area contributed by atoms with E-state index in [2.05, 4.69) is 5.32 Å². The molecule has 0 spiro atoms. The number of carbonyl (C=O) groups is 3. The number of imide groups is 1. The Hall–Kier alpha value is -2.37. The van der Waals surface area contributed by atoms with E-state index in [0.29, 0.717) is 11.5 Å². The summed E-state index contributed by atoms with van der Waals surface area (Å²) in [6.07, 6.45) is 0.358. The molecule has 3 rings (SSSR count). The number of rotatable bonds is 3. The molecule has 2 amide bonds. The Labute approximate surface area is 127 Å². The van der Waals surface area contributed by atoms with E-state index in [1.165, 1.54) is 7.11 Å². The molecule has 1 aromatic rings. The van der Waals surface area contributed by atoms with Gasteiger partial charge in [-0.15, -0.1) is 0 Å². The van der Waals surface area contributed by atoms with Crippen LogP contribution in [0.3, 0.4) is 0 Å². The van der Waals surface area contributed by atoms with E-state index >= 15 is 0 Å². The molecular formula is C16H17NO5. The number of Topliss-reactive ketones (excluding diaryl/α,β-unsaturated/α-hetero) is 1. The summed E-state index contributed by atoms with van der Waals surface area (Å²) in [5, 5.41) is 2.34. The fourth-order valence-electron chi connectivity index (χ4n) is 3.46. The molecule has 1 aliphatic heterocycles. The van der Waals surface area contributed by atoms with E-state index in [0.717, 1.165) is 5.56 Å². The van der Waals surface area contributed by atoms with Gasteiger partial charge in [-0.2, -0.15) is 0 Å². The Kier molecular flexibility index (Phi) is 3.60. The van der Waals surface area contributed by atoms with Crippen LogP contribution in [0, 0.1) is 11.8 Å². The van der Waals surface area contributed by atoms with Gasteiger partial charge in [-0.25, -0.2) is 0 Å². The van der Waals surface area contributed by atoms with Crippen molar-refractivity contribution < 1.29 is 23.9 Å². The molecule has 1 aromatic carbocycles. The molecule has 3 atom stereocenters. The van der Waals surface area contributed by atoms with Gasteiger partial charge in [0, 0.05) is 24.3 Å². The molecule has 6 nitrogen and oxygen atoms in total. The quantitative estimate of drug-likeness (QED) is 0.844. The minimum Gasteiger partial charge on any atom is -0.497 e. The highest BCUT2D eigenvalue weighted by Crippen LogP contribution is 2.46. The minimum atomic E-state index is -0.574. The molecule has 0 aromatic heterocycles. The number of amides is 2. The molecule has 1 heterocycles. The average Bonchev–Trinajstić information content (AvgIpc) is 2.80. The first kappa shape index (κ1) is 14.6. The largest absolute Gasteiger partial charge is 0.497 e. The average molecular weight is 303 g/mol. The van der Waals surface area contributed by atoms with Crippen molar-refractivity contribution in [1.29, 1.82) is 0 Å². The molecule has 0 radical (unpaired) electrons. The van der Waals surface area contributed by atoms with Crippen LogP contribution in [0.5, 0.6) is 11.5 Å². The van der Waals surface area contributed by atoms with E-state index < -0.39 is 11.8 Å². The number of benzene rings is 1. The second-order valence-electron chi connectivity index (χ2n) is 5.65. The Morgan fingerprint density at radius 2 is 1.73 bits per heavy atom.